The molecule has 1 heterocycles. The Morgan fingerprint density at radius 1 is 0.917 bits per heavy atom. The zero-order valence-electron chi connectivity index (χ0n) is 14.8. The maximum Gasteiger partial charge on any atom is 0.120 e. The number of nitrogens with zero attached hydrogens (tertiary/aromatic N) is 1. The van der Waals surface area contributed by atoms with Crippen LogP contribution in [0, 0.1) is 0 Å². The van der Waals surface area contributed by atoms with Gasteiger partial charge in [0.1, 0.15) is 11.4 Å². The molecule has 1 fully saturated rings. The Morgan fingerprint density at radius 2 is 1.54 bits per heavy atom. The van der Waals surface area contributed by atoms with Gasteiger partial charge >= 0.3 is 0 Å². The van der Waals surface area contributed by atoms with Crippen molar-refractivity contribution in [3.05, 3.63) is 66.2 Å². The third kappa shape index (κ3) is 4.61. The van der Waals surface area contributed by atoms with E-state index >= 15 is 0 Å². The average molecular weight is 323 g/mol. The summed E-state index contributed by atoms with van der Waals surface area (Å²) in [4.78, 5) is 2.60. The topological polar surface area (TPSA) is 12.5 Å². The second-order valence-electron chi connectivity index (χ2n) is 6.96. The van der Waals surface area contributed by atoms with Gasteiger partial charge in [0.05, 0.1) is 0 Å². The van der Waals surface area contributed by atoms with Crippen molar-refractivity contribution in [2.75, 3.05) is 19.6 Å². The molecule has 2 heteroatoms. The highest BCUT2D eigenvalue weighted by molar-refractivity contribution is 5.24. The van der Waals surface area contributed by atoms with Crippen LogP contribution in [-0.4, -0.2) is 30.1 Å². The first-order valence-corrected chi connectivity index (χ1v) is 9.30. The van der Waals surface area contributed by atoms with E-state index in [0.717, 1.165) is 38.1 Å². The van der Waals surface area contributed by atoms with E-state index in [9.17, 15) is 0 Å². The molecule has 0 radical (unpaired) electrons. The lowest BCUT2D eigenvalue weighted by Crippen LogP contribution is -2.49. The molecule has 2 aromatic rings. The summed E-state index contributed by atoms with van der Waals surface area (Å²) in [7, 11) is 0. The number of piperidine rings is 1. The van der Waals surface area contributed by atoms with Crippen molar-refractivity contribution in [2.45, 2.75) is 44.6 Å². The van der Waals surface area contributed by atoms with Crippen LogP contribution in [0.5, 0.6) is 5.75 Å². The van der Waals surface area contributed by atoms with E-state index in [2.05, 4.69) is 66.4 Å². The van der Waals surface area contributed by atoms with Gasteiger partial charge in [-0.2, -0.15) is 0 Å². The standard InChI is InChI=1S/C22H29NO/c1-2-3-16-23-17-14-22(15-18-23,19-20-10-6-4-7-11-20)24-21-12-8-5-9-13-21/h4-13H,2-3,14-19H2,1H3. The van der Waals surface area contributed by atoms with E-state index < -0.39 is 0 Å². The molecule has 3 rings (SSSR count). The van der Waals surface area contributed by atoms with Crippen LogP contribution in [0.1, 0.15) is 38.2 Å². The number of hydrogen-bond donors (Lipinski definition) is 0. The van der Waals surface area contributed by atoms with Crippen molar-refractivity contribution in [3.63, 3.8) is 0 Å². The van der Waals surface area contributed by atoms with E-state index in [1.807, 2.05) is 6.07 Å². The van der Waals surface area contributed by atoms with Gasteiger partial charge < -0.3 is 9.64 Å². The number of likely N-dealkylation sites (tertiary alicyclic amines) is 1. The Balaban J connectivity index is 1.72. The van der Waals surface area contributed by atoms with Crippen molar-refractivity contribution in [1.29, 1.82) is 0 Å². The van der Waals surface area contributed by atoms with Gasteiger partial charge in [0.15, 0.2) is 0 Å². The summed E-state index contributed by atoms with van der Waals surface area (Å²) in [5, 5.41) is 0. The molecule has 0 aliphatic carbocycles. The lowest BCUT2D eigenvalue weighted by atomic mass is 9.84. The largest absolute Gasteiger partial charge is 0.487 e. The highest BCUT2D eigenvalue weighted by Crippen LogP contribution is 2.32. The first kappa shape index (κ1) is 17.0. The Kier molecular flexibility index (Phi) is 5.92. The number of para-hydroxylation sites is 1. The van der Waals surface area contributed by atoms with Gasteiger partial charge in [-0.1, -0.05) is 61.9 Å². The first-order chi connectivity index (χ1) is 11.8. The minimum Gasteiger partial charge on any atom is -0.487 e. The molecule has 1 aliphatic rings. The molecule has 0 aromatic heterocycles. The van der Waals surface area contributed by atoms with Gasteiger partial charge in [-0.3, -0.25) is 0 Å². The Labute approximate surface area is 146 Å². The van der Waals surface area contributed by atoms with Crippen molar-refractivity contribution in [2.24, 2.45) is 0 Å². The Morgan fingerprint density at radius 3 is 2.17 bits per heavy atom. The van der Waals surface area contributed by atoms with E-state index in [1.54, 1.807) is 0 Å². The fraction of sp³-hybridized carbons (Fsp3) is 0.455. The maximum absolute atomic E-state index is 6.57. The highest BCUT2D eigenvalue weighted by atomic mass is 16.5. The Hall–Kier alpha value is -1.80. The highest BCUT2D eigenvalue weighted by Gasteiger charge is 2.36. The third-order valence-electron chi connectivity index (χ3n) is 5.04. The summed E-state index contributed by atoms with van der Waals surface area (Å²) >= 11 is 0. The van der Waals surface area contributed by atoms with E-state index in [1.165, 1.54) is 24.9 Å². The summed E-state index contributed by atoms with van der Waals surface area (Å²) in [6.45, 7) is 5.77. The molecule has 0 N–H and O–H groups in total. The summed E-state index contributed by atoms with van der Waals surface area (Å²) in [5.74, 6) is 0.996. The van der Waals surface area contributed by atoms with E-state index in [0.29, 0.717) is 0 Å². The van der Waals surface area contributed by atoms with Crippen LogP contribution in [0.25, 0.3) is 0 Å². The quantitative estimate of drug-likeness (QED) is 0.715. The smallest absolute Gasteiger partial charge is 0.120 e. The third-order valence-corrected chi connectivity index (χ3v) is 5.04. The van der Waals surface area contributed by atoms with Crippen LogP contribution in [0.4, 0.5) is 0 Å². The second-order valence-corrected chi connectivity index (χ2v) is 6.96. The summed E-state index contributed by atoms with van der Waals surface area (Å²) in [6.07, 6.45) is 5.75. The SMILES string of the molecule is CCCCN1CCC(Cc2ccccc2)(Oc2ccccc2)CC1. The van der Waals surface area contributed by atoms with Crippen molar-refractivity contribution >= 4 is 0 Å². The van der Waals surface area contributed by atoms with Crippen LogP contribution in [0.3, 0.4) is 0 Å². The molecule has 128 valence electrons. The van der Waals surface area contributed by atoms with Gasteiger partial charge in [0.2, 0.25) is 0 Å². The normalized spacial score (nSPS) is 17.5. The van der Waals surface area contributed by atoms with Crippen LogP contribution in [-0.2, 0) is 6.42 Å². The average Bonchev–Trinajstić information content (AvgIpc) is 2.63. The molecule has 0 atom stereocenters. The van der Waals surface area contributed by atoms with Crippen LogP contribution < -0.4 is 4.74 Å². The lowest BCUT2D eigenvalue weighted by molar-refractivity contribution is 0.00138. The molecule has 1 aliphatic heterocycles. The molecule has 1 saturated heterocycles. The summed E-state index contributed by atoms with van der Waals surface area (Å²) < 4.78 is 6.57. The van der Waals surface area contributed by atoms with E-state index in [-0.39, 0.29) is 5.60 Å². The number of ether oxygens (including phenoxy) is 1. The molecule has 0 unspecified atom stereocenters. The zero-order chi connectivity index (χ0) is 16.7. The second kappa shape index (κ2) is 8.34. The van der Waals surface area contributed by atoms with Crippen molar-refractivity contribution < 1.29 is 4.74 Å². The van der Waals surface area contributed by atoms with E-state index in [4.69, 9.17) is 4.74 Å². The first-order valence-electron chi connectivity index (χ1n) is 9.30. The number of benzene rings is 2. The van der Waals surface area contributed by atoms with Crippen molar-refractivity contribution in [3.8, 4) is 5.75 Å². The van der Waals surface area contributed by atoms with Gasteiger partial charge in [0, 0.05) is 32.4 Å². The minimum atomic E-state index is -0.0780. The predicted molar refractivity (Wildman–Crippen MR) is 101 cm³/mol. The van der Waals surface area contributed by atoms with Gasteiger partial charge in [0.25, 0.3) is 0 Å². The lowest BCUT2D eigenvalue weighted by Gasteiger charge is -2.42. The molecular weight excluding hydrogens is 294 g/mol. The monoisotopic (exact) mass is 323 g/mol. The van der Waals surface area contributed by atoms with Gasteiger partial charge in [-0.05, 0) is 30.7 Å². The van der Waals surface area contributed by atoms with Crippen LogP contribution >= 0.6 is 0 Å². The molecule has 0 bridgehead atoms. The molecule has 0 spiro atoms. The van der Waals surface area contributed by atoms with Gasteiger partial charge in [-0.25, -0.2) is 0 Å². The Bertz CT molecular complexity index is 544. The number of unbranched alkanes of at least 4 members (excludes halogenated alkanes) is 1. The maximum atomic E-state index is 6.57. The van der Waals surface area contributed by atoms with Crippen LogP contribution in [0.15, 0.2) is 60.7 Å². The summed E-state index contributed by atoms with van der Waals surface area (Å²) in [5.41, 5.74) is 1.29. The molecule has 0 amide bonds. The minimum absolute atomic E-state index is 0.0780. The molecule has 24 heavy (non-hydrogen) atoms. The fourth-order valence-electron chi connectivity index (χ4n) is 3.59. The predicted octanol–water partition coefficient (Wildman–Crippen LogP) is 4.94. The number of hydrogen-bond acceptors (Lipinski definition) is 2. The number of rotatable bonds is 7. The molecule has 0 saturated carbocycles. The summed E-state index contributed by atoms with van der Waals surface area (Å²) in [6, 6.07) is 21.1. The molecule has 2 nitrogen and oxygen atoms in total. The zero-order valence-corrected chi connectivity index (χ0v) is 14.8. The molecule has 2 aromatic carbocycles. The van der Waals surface area contributed by atoms with Crippen molar-refractivity contribution in [1.82, 2.24) is 4.90 Å². The van der Waals surface area contributed by atoms with Crippen LogP contribution in [0.2, 0.25) is 0 Å². The fourth-order valence-corrected chi connectivity index (χ4v) is 3.59. The molecular formula is C22H29NO. The van der Waals surface area contributed by atoms with Gasteiger partial charge in [-0.15, -0.1) is 0 Å².